The van der Waals surface area contributed by atoms with E-state index >= 15 is 0 Å². The van der Waals surface area contributed by atoms with Gasteiger partial charge in [-0.2, -0.15) is 0 Å². The molecule has 0 heterocycles. The van der Waals surface area contributed by atoms with Crippen LogP contribution in [0.2, 0.25) is 0 Å². The summed E-state index contributed by atoms with van der Waals surface area (Å²) in [5.41, 5.74) is 0. The van der Waals surface area contributed by atoms with Crippen LogP contribution in [0, 0.1) is 0 Å². The second-order valence-electron chi connectivity index (χ2n) is 3.19. The molecule has 70 valence electrons. The summed E-state index contributed by atoms with van der Waals surface area (Å²) >= 11 is 0. The van der Waals surface area contributed by atoms with Crippen molar-refractivity contribution in [1.29, 1.82) is 0 Å². The monoisotopic (exact) mass is 166 g/mol. The Morgan fingerprint density at radius 3 is 2.33 bits per heavy atom. The number of rotatable bonds is 8. The predicted molar refractivity (Wildman–Crippen MR) is 57.3 cm³/mol. The van der Waals surface area contributed by atoms with Gasteiger partial charge in [-0.15, -0.1) is 6.58 Å². The maximum Gasteiger partial charge on any atom is -0.0316 e. The molecule has 0 aromatic carbocycles. The highest BCUT2D eigenvalue weighted by atomic mass is 13.9. The van der Waals surface area contributed by atoms with Crippen LogP contribution in [0.1, 0.15) is 51.9 Å². The molecular formula is C12H22. The minimum atomic E-state index is 1.12. The Morgan fingerprint density at radius 1 is 0.917 bits per heavy atom. The molecule has 0 aliphatic heterocycles. The molecule has 0 radical (unpaired) electrons. The van der Waals surface area contributed by atoms with E-state index in [0.29, 0.717) is 0 Å². The van der Waals surface area contributed by atoms with Crippen LogP contribution in [0.25, 0.3) is 0 Å². The summed E-state index contributed by atoms with van der Waals surface area (Å²) in [6, 6.07) is 0. The zero-order chi connectivity index (χ0) is 9.07. The topological polar surface area (TPSA) is 0 Å². The average molecular weight is 166 g/mol. The molecule has 0 N–H and O–H groups in total. The van der Waals surface area contributed by atoms with E-state index in [1.54, 1.807) is 0 Å². The SMILES string of the molecule is C=CCCC=CCCCCCC. The smallest absolute Gasteiger partial charge is 0.0316 e. The van der Waals surface area contributed by atoms with Crippen molar-refractivity contribution in [2.24, 2.45) is 0 Å². The van der Waals surface area contributed by atoms with Gasteiger partial charge in [0.15, 0.2) is 0 Å². The van der Waals surface area contributed by atoms with E-state index in [-0.39, 0.29) is 0 Å². The van der Waals surface area contributed by atoms with Gasteiger partial charge in [-0.1, -0.05) is 44.4 Å². The number of hydrogen-bond acceptors (Lipinski definition) is 0. The number of unbranched alkanes of at least 4 members (excludes halogenated alkanes) is 5. The van der Waals surface area contributed by atoms with E-state index in [9.17, 15) is 0 Å². The van der Waals surface area contributed by atoms with Crippen molar-refractivity contribution >= 4 is 0 Å². The van der Waals surface area contributed by atoms with Crippen LogP contribution < -0.4 is 0 Å². The molecule has 0 saturated carbocycles. The normalized spacial score (nSPS) is 10.8. The summed E-state index contributed by atoms with van der Waals surface area (Å²) in [4.78, 5) is 0. The lowest BCUT2D eigenvalue weighted by atomic mass is 10.1. The molecule has 0 aliphatic carbocycles. The van der Waals surface area contributed by atoms with E-state index in [2.05, 4.69) is 25.7 Å². The van der Waals surface area contributed by atoms with Gasteiger partial charge in [0.25, 0.3) is 0 Å². The molecular weight excluding hydrogens is 144 g/mol. The summed E-state index contributed by atoms with van der Waals surface area (Å²) in [5.74, 6) is 0. The van der Waals surface area contributed by atoms with Crippen LogP contribution >= 0.6 is 0 Å². The fraction of sp³-hybridized carbons (Fsp3) is 0.667. The van der Waals surface area contributed by atoms with Crippen LogP contribution in [0.5, 0.6) is 0 Å². The Morgan fingerprint density at radius 2 is 1.67 bits per heavy atom. The minimum Gasteiger partial charge on any atom is -0.103 e. The third kappa shape index (κ3) is 9.48. The molecule has 0 aromatic heterocycles. The Bertz CT molecular complexity index is 111. The first kappa shape index (κ1) is 11.5. The first-order valence-corrected chi connectivity index (χ1v) is 5.17. The summed E-state index contributed by atoms with van der Waals surface area (Å²) < 4.78 is 0. The third-order valence-corrected chi connectivity index (χ3v) is 1.93. The highest BCUT2D eigenvalue weighted by Gasteiger charge is 1.83. The van der Waals surface area contributed by atoms with Crippen LogP contribution in [-0.2, 0) is 0 Å². The van der Waals surface area contributed by atoms with Gasteiger partial charge in [-0.05, 0) is 25.7 Å². The van der Waals surface area contributed by atoms with Gasteiger partial charge < -0.3 is 0 Å². The lowest BCUT2D eigenvalue weighted by Crippen LogP contribution is -1.73. The summed E-state index contributed by atoms with van der Waals surface area (Å²) in [6.07, 6.45) is 15.6. The predicted octanol–water partition coefficient (Wildman–Crippen LogP) is 4.48. The summed E-state index contributed by atoms with van der Waals surface area (Å²) in [5, 5.41) is 0. The highest BCUT2D eigenvalue weighted by Crippen LogP contribution is 2.03. The summed E-state index contributed by atoms with van der Waals surface area (Å²) in [6.45, 7) is 5.94. The van der Waals surface area contributed by atoms with Crippen molar-refractivity contribution in [2.75, 3.05) is 0 Å². The molecule has 0 atom stereocenters. The standard InChI is InChI=1S/C12H22/c1-3-5-7-9-11-12-10-8-6-4-2/h3,9,11H,1,4-8,10,12H2,2H3. The van der Waals surface area contributed by atoms with E-state index in [0.717, 1.165) is 12.8 Å². The van der Waals surface area contributed by atoms with Crippen LogP contribution in [0.3, 0.4) is 0 Å². The van der Waals surface area contributed by atoms with Crippen LogP contribution in [0.4, 0.5) is 0 Å². The van der Waals surface area contributed by atoms with Crippen LogP contribution in [-0.4, -0.2) is 0 Å². The fourth-order valence-electron chi connectivity index (χ4n) is 1.14. The molecule has 0 nitrogen and oxygen atoms in total. The molecule has 12 heavy (non-hydrogen) atoms. The van der Waals surface area contributed by atoms with Crippen molar-refractivity contribution in [2.45, 2.75) is 51.9 Å². The molecule has 0 heteroatoms. The summed E-state index contributed by atoms with van der Waals surface area (Å²) in [7, 11) is 0. The van der Waals surface area contributed by atoms with Gasteiger partial charge in [-0.3, -0.25) is 0 Å². The first-order chi connectivity index (χ1) is 5.91. The Labute approximate surface area is 77.4 Å². The average Bonchev–Trinajstić information content (AvgIpc) is 2.10. The van der Waals surface area contributed by atoms with Gasteiger partial charge in [0.05, 0.1) is 0 Å². The highest BCUT2D eigenvalue weighted by molar-refractivity contribution is 4.84. The maximum absolute atomic E-state index is 3.69. The van der Waals surface area contributed by atoms with E-state index in [1.807, 2.05) is 6.08 Å². The van der Waals surface area contributed by atoms with Crippen LogP contribution in [0.15, 0.2) is 24.8 Å². The van der Waals surface area contributed by atoms with Crippen molar-refractivity contribution in [3.05, 3.63) is 24.8 Å². The maximum atomic E-state index is 3.69. The number of allylic oxidation sites excluding steroid dienone is 3. The molecule has 0 amide bonds. The van der Waals surface area contributed by atoms with Gasteiger partial charge in [0.2, 0.25) is 0 Å². The van der Waals surface area contributed by atoms with E-state index in [4.69, 9.17) is 0 Å². The van der Waals surface area contributed by atoms with Crippen molar-refractivity contribution in [1.82, 2.24) is 0 Å². The zero-order valence-corrected chi connectivity index (χ0v) is 8.39. The van der Waals surface area contributed by atoms with Gasteiger partial charge in [0, 0.05) is 0 Å². The Kier molecular flexibility index (Phi) is 10.0. The second kappa shape index (κ2) is 10.5. The molecule has 0 unspecified atom stereocenters. The molecule has 0 fully saturated rings. The van der Waals surface area contributed by atoms with Crippen molar-refractivity contribution in [3.63, 3.8) is 0 Å². The molecule has 0 saturated heterocycles. The third-order valence-electron chi connectivity index (χ3n) is 1.93. The first-order valence-electron chi connectivity index (χ1n) is 5.17. The zero-order valence-electron chi connectivity index (χ0n) is 8.39. The van der Waals surface area contributed by atoms with Gasteiger partial charge in [-0.25, -0.2) is 0 Å². The van der Waals surface area contributed by atoms with Crippen molar-refractivity contribution in [3.8, 4) is 0 Å². The lowest BCUT2D eigenvalue weighted by Gasteiger charge is -1.93. The molecule has 0 rings (SSSR count). The molecule has 0 aliphatic rings. The fourth-order valence-corrected chi connectivity index (χ4v) is 1.14. The lowest BCUT2D eigenvalue weighted by molar-refractivity contribution is 0.674. The van der Waals surface area contributed by atoms with Crippen molar-refractivity contribution < 1.29 is 0 Å². The Balaban J connectivity index is 2.97. The number of hydrogen-bond donors (Lipinski definition) is 0. The molecule has 0 bridgehead atoms. The Hall–Kier alpha value is -0.520. The molecule has 0 aromatic rings. The quantitative estimate of drug-likeness (QED) is 0.368. The van der Waals surface area contributed by atoms with E-state index < -0.39 is 0 Å². The second-order valence-corrected chi connectivity index (χ2v) is 3.19. The van der Waals surface area contributed by atoms with Gasteiger partial charge >= 0.3 is 0 Å². The van der Waals surface area contributed by atoms with E-state index in [1.165, 1.54) is 32.1 Å². The molecule has 0 spiro atoms. The minimum absolute atomic E-state index is 1.12. The largest absolute Gasteiger partial charge is 0.103 e. The van der Waals surface area contributed by atoms with Gasteiger partial charge in [0.1, 0.15) is 0 Å².